The fraction of sp³-hybridized carbons (Fsp3) is 0.522. The van der Waals surface area contributed by atoms with Crippen LogP contribution in [0.1, 0.15) is 44.6 Å². The Morgan fingerprint density at radius 2 is 2.19 bits per heavy atom. The van der Waals surface area contributed by atoms with Gasteiger partial charge in [0.05, 0.1) is 36.5 Å². The molecule has 4 atom stereocenters. The van der Waals surface area contributed by atoms with Crippen molar-refractivity contribution >= 4 is 17.1 Å². The molecule has 0 amide bonds. The van der Waals surface area contributed by atoms with E-state index in [1.165, 1.54) is 12.8 Å². The van der Waals surface area contributed by atoms with Crippen LogP contribution < -0.4 is 0 Å². The van der Waals surface area contributed by atoms with Gasteiger partial charge in [0.1, 0.15) is 18.1 Å². The van der Waals surface area contributed by atoms with Crippen LogP contribution in [0.15, 0.2) is 36.0 Å². The average molecular weight is 431 g/mol. The van der Waals surface area contributed by atoms with E-state index in [2.05, 4.69) is 31.0 Å². The molecule has 1 N–H and O–H groups in total. The summed E-state index contributed by atoms with van der Waals surface area (Å²) in [6, 6.07) is 5.50. The number of aromatic amines is 1. The van der Waals surface area contributed by atoms with E-state index in [0.29, 0.717) is 18.4 Å². The Labute approximate surface area is 186 Å². The second kappa shape index (κ2) is 7.93. The van der Waals surface area contributed by atoms with Gasteiger partial charge in [-0.15, -0.1) is 0 Å². The molecule has 0 spiro atoms. The minimum absolute atomic E-state index is 0.00610. The third-order valence-corrected chi connectivity index (χ3v) is 7.11. The Kier molecular flexibility index (Phi) is 4.78. The van der Waals surface area contributed by atoms with Crippen molar-refractivity contribution in [3.8, 4) is 17.3 Å². The number of ether oxygens (including phenoxy) is 1. The zero-order valence-electron chi connectivity index (χ0n) is 17.9. The smallest absolute Gasteiger partial charge is 0.288 e. The van der Waals surface area contributed by atoms with E-state index in [-0.39, 0.29) is 12.1 Å². The Morgan fingerprint density at radius 3 is 3.09 bits per heavy atom. The minimum atomic E-state index is 0.00610. The molecule has 5 heterocycles. The first-order valence-corrected chi connectivity index (χ1v) is 11.5. The van der Waals surface area contributed by atoms with Crippen molar-refractivity contribution in [3.05, 3.63) is 31.0 Å². The van der Waals surface area contributed by atoms with Crippen molar-refractivity contribution in [1.29, 1.82) is 5.26 Å². The molecule has 1 saturated carbocycles. The lowest BCUT2D eigenvalue weighted by Gasteiger charge is -2.24. The van der Waals surface area contributed by atoms with Crippen LogP contribution in [-0.4, -0.2) is 60.9 Å². The summed E-state index contributed by atoms with van der Waals surface area (Å²) in [7, 11) is 0. The normalized spacial score (nSPS) is 25.9. The summed E-state index contributed by atoms with van der Waals surface area (Å²) in [5, 5.41) is 15.1. The van der Waals surface area contributed by atoms with Gasteiger partial charge in [0, 0.05) is 42.4 Å². The Balaban J connectivity index is 1.21. The van der Waals surface area contributed by atoms with E-state index >= 15 is 0 Å². The largest absolute Gasteiger partial charge is 0.460 e. The number of nitrogens with one attached hydrogen (secondary N) is 1. The van der Waals surface area contributed by atoms with Gasteiger partial charge in [-0.05, 0) is 31.7 Å². The topological polar surface area (TPSA) is 108 Å². The van der Waals surface area contributed by atoms with E-state index in [0.717, 1.165) is 60.7 Å². The van der Waals surface area contributed by atoms with E-state index in [4.69, 9.17) is 9.73 Å². The molecule has 4 unspecified atom stereocenters. The third kappa shape index (κ3) is 3.30. The maximum Gasteiger partial charge on any atom is 0.288 e. The van der Waals surface area contributed by atoms with Gasteiger partial charge in [0.2, 0.25) is 0 Å². The van der Waals surface area contributed by atoms with E-state index in [1.807, 2.05) is 29.3 Å². The number of fused-ring (bicyclic) bond motifs is 2. The number of nitriles is 1. The van der Waals surface area contributed by atoms with Crippen LogP contribution in [0, 0.1) is 17.2 Å². The van der Waals surface area contributed by atoms with E-state index in [9.17, 15) is 5.26 Å². The molecule has 1 aliphatic carbocycles. The molecule has 0 bridgehead atoms. The molecule has 3 aliphatic rings. The third-order valence-electron chi connectivity index (χ3n) is 7.11. The molecular weight excluding hydrogens is 404 g/mol. The number of rotatable bonds is 4. The number of aromatic nitrogens is 5. The summed E-state index contributed by atoms with van der Waals surface area (Å²) in [6.07, 6.45) is 13.7. The van der Waals surface area contributed by atoms with Crippen LogP contribution >= 0.6 is 0 Å². The Bertz CT molecular complexity index is 1190. The molecular formula is C23H26N8O. The van der Waals surface area contributed by atoms with Crippen LogP contribution in [0.4, 0.5) is 0 Å². The van der Waals surface area contributed by atoms with Crippen molar-refractivity contribution in [2.75, 3.05) is 13.1 Å². The second-order valence-corrected chi connectivity index (χ2v) is 9.02. The molecule has 0 aromatic carbocycles. The van der Waals surface area contributed by atoms with Crippen LogP contribution in [0.3, 0.4) is 0 Å². The molecule has 3 aromatic rings. The standard InChI is InChI=1S/C23H26N8O/c24-8-5-19(15-7-10-30(12-15)23-29-18-3-1-2-4-20(18)32-23)31-13-16(11-28-31)21-17-6-9-25-22(17)27-14-26-21/h6,9,11,13-15,18-20H,1-5,7,10,12H2,(H,25,26,27). The number of amidine groups is 1. The van der Waals surface area contributed by atoms with Gasteiger partial charge >= 0.3 is 0 Å². The quantitative estimate of drug-likeness (QED) is 0.680. The molecule has 1 saturated heterocycles. The van der Waals surface area contributed by atoms with Gasteiger partial charge in [0.25, 0.3) is 6.02 Å². The molecule has 0 radical (unpaired) electrons. The highest BCUT2D eigenvalue weighted by molar-refractivity contribution is 5.90. The number of nitrogens with zero attached hydrogens (tertiary/aromatic N) is 7. The number of hydrogen-bond acceptors (Lipinski definition) is 7. The first-order chi connectivity index (χ1) is 15.8. The number of aliphatic imine (C=N–C) groups is 1. The lowest BCUT2D eigenvalue weighted by Crippen LogP contribution is -2.32. The average Bonchev–Trinajstić information content (AvgIpc) is 3.61. The summed E-state index contributed by atoms with van der Waals surface area (Å²) in [4.78, 5) is 19.0. The highest BCUT2D eigenvalue weighted by atomic mass is 16.5. The summed E-state index contributed by atoms with van der Waals surface area (Å²) in [6.45, 7) is 1.75. The molecule has 32 heavy (non-hydrogen) atoms. The molecule has 9 nitrogen and oxygen atoms in total. The Hall–Kier alpha value is -3.41. The van der Waals surface area contributed by atoms with E-state index < -0.39 is 0 Å². The number of H-pyrrole nitrogens is 1. The molecule has 6 rings (SSSR count). The van der Waals surface area contributed by atoms with Gasteiger partial charge in [-0.25, -0.2) is 15.0 Å². The maximum atomic E-state index is 9.54. The van der Waals surface area contributed by atoms with Crippen LogP contribution in [0.25, 0.3) is 22.3 Å². The Morgan fingerprint density at radius 1 is 1.25 bits per heavy atom. The van der Waals surface area contributed by atoms with Crippen molar-refractivity contribution < 1.29 is 4.74 Å². The fourth-order valence-electron chi connectivity index (χ4n) is 5.42. The van der Waals surface area contributed by atoms with Crippen LogP contribution in [-0.2, 0) is 4.74 Å². The summed E-state index contributed by atoms with van der Waals surface area (Å²) >= 11 is 0. The number of likely N-dealkylation sites (tertiary alicyclic amines) is 1. The van der Waals surface area contributed by atoms with Gasteiger partial charge < -0.3 is 14.6 Å². The summed E-state index contributed by atoms with van der Waals surface area (Å²) in [5.41, 5.74) is 2.59. The van der Waals surface area contributed by atoms with Gasteiger partial charge in [-0.3, -0.25) is 4.68 Å². The molecule has 9 heteroatoms. The maximum absolute atomic E-state index is 9.54. The van der Waals surface area contributed by atoms with Gasteiger partial charge in [-0.1, -0.05) is 6.42 Å². The monoisotopic (exact) mass is 430 g/mol. The zero-order valence-corrected chi connectivity index (χ0v) is 17.9. The number of hydrogen-bond donors (Lipinski definition) is 1. The molecule has 164 valence electrons. The molecule has 3 aromatic heterocycles. The van der Waals surface area contributed by atoms with Crippen molar-refractivity contribution in [2.45, 2.75) is 56.7 Å². The summed E-state index contributed by atoms with van der Waals surface area (Å²) in [5.74, 6) is 0.314. The molecule has 2 aliphatic heterocycles. The fourth-order valence-corrected chi connectivity index (χ4v) is 5.42. The minimum Gasteiger partial charge on any atom is -0.460 e. The summed E-state index contributed by atoms with van der Waals surface area (Å²) < 4.78 is 8.16. The van der Waals surface area contributed by atoms with E-state index in [1.54, 1.807) is 6.33 Å². The lowest BCUT2D eigenvalue weighted by molar-refractivity contribution is 0.132. The van der Waals surface area contributed by atoms with Crippen molar-refractivity contribution in [3.63, 3.8) is 0 Å². The van der Waals surface area contributed by atoms with Crippen LogP contribution in [0.2, 0.25) is 0 Å². The second-order valence-electron chi connectivity index (χ2n) is 9.02. The van der Waals surface area contributed by atoms with Crippen molar-refractivity contribution in [2.24, 2.45) is 10.9 Å². The highest BCUT2D eigenvalue weighted by Crippen LogP contribution is 2.35. The highest BCUT2D eigenvalue weighted by Gasteiger charge is 2.39. The zero-order chi connectivity index (χ0) is 21.5. The van der Waals surface area contributed by atoms with Gasteiger partial charge in [0.15, 0.2) is 0 Å². The molecule has 2 fully saturated rings. The van der Waals surface area contributed by atoms with Crippen LogP contribution in [0.5, 0.6) is 0 Å². The van der Waals surface area contributed by atoms with Crippen molar-refractivity contribution in [1.82, 2.24) is 29.6 Å². The SMILES string of the molecule is N#CCC(C1CCN(C2=NC3CCCCC3O2)C1)n1cc(-c2ncnc3[nH]ccc23)cn1. The predicted octanol–water partition coefficient (Wildman–Crippen LogP) is 3.30. The predicted molar refractivity (Wildman–Crippen MR) is 119 cm³/mol. The first-order valence-electron chi connectivity index (χ1n) is 11.5. The first kappa shape index (κ1) is 19.3. The van der Waals surface area contributed by atoms with Gasteiger partial charge in [-0.2, -0.15) is 10.4 Å². The lowest BCUT2D eigenvalue weighted by atomic mass is 9.94.